The summed E-state index contributed by atoms with van der Waals surface area (Å²) in [4.78, 5) is 28.4. The van der Waals surface area contributed by atoms with Crippen molar-refractivity contribution in [3.63, 3.8) is 0 Å². The Morgan fingerprint density at radius 3 is 2.50 bits per heavy atom. The Morgan fingerprint density at radius 1 is 1.12 bits per heavy atom. The molecule has 0 fully saturated rings. The Balaban J connectivity index is 1.77. The van der Waals surface area contributed by atoms with E-state index < -0.39 is 5.97 Å². The zero-order chi connectivity index (χ0) is 18.7. The lowest BCUT2D eigenvalue weighted by atomic mass is 10.1. The summed E-state index contributed by atoms with van der Waals surface area (Å²) in [5.41, 5.74) is 3.43. The number of carbonyl (C=O) groups is 2. The van der Waals surface area contributed by atoms with Crippen LogP contribution in [0.4, 0.5) is 0 Å². The SMILES string of the molecule is Cc1cc(C(=O)COC(=O)c2ccccn2)c(C)n1-c1ccc(Br)cc1. The van der Waals surface area contributed by atoms with E-state index in [1.54, 1.807) is 18.2 Å². The van der Waals surface area contributed by atoms with Gasteiger partial charge in [-0.25, -0.2) is 9.78 Å². The van der Waals surface area contributed by atoms with Crippen molar-refractivity contribution >= 4 is 27.7 Å². The molecule has 0 aliphatic rings. The third-order valence-electron chi connectivity index (χ3n) is 4.02. The number of benzene rings is 1. The molecule has 132 valence electrons. The quantitative estimate of drug-likeness (QED) is 0.463. The second-order valence-corrected chi connectivity index (χ2v) is 6.73. The molecule has 0 atom stereocenters. The molecule has 0 saturated heterocycles. The highest BCUT2D eigenvalue weighted by atomic mass is 79.9. The topological polar surface area (TPSA) is 61.2 Å². The standard InChI is InChI=1S/C20H17BrN2O3/c1-13-11-17(14(2)23(13)16-8-6-15(21)7-9-16)19(24)12-26-20(25)18-5-3-4-10-22-18/h3-11H,12H2,1-2H3. The Morgan fingerprint density at radius 2 is 1.85 bits per heavy atom. The monoisotopic (exact) mass is 412 g/mol. The molecule has 6 heteroatoms. The van der Waals surface area contributed by atoms with Crippen LogP contribution < -0.4 is 0 Å². The van der Waals surface area contributed by atoms with Crippen LogP contribution in [0.15, 0.2) is 59.2 Å². The average Bonchev–Trinajstić information content (AvgIpc) is 2.95. The van der Waals surface area contributed by atoms with E-state index in [0.717, 1.165) is 21.5 Å². The minimum atomic E-state index is -0.610. The fourth-order valence-electron chi connectivity index (χ4n) is 2.80. The summed E-state index contributed by atoms with van der Waals surface area (Å²) >= 11 is 3.42. The van der Waals surface area contributed by atoms with Crippen LogP contribution >= 0.6 is 15.9 Å². The molecule has 0 amide bonds. The van der Waals surface area contributed by atoms with E-state index in [-0.39, 0.29) is 18.1 Å². The fraction of sp³-hybridized carbons (Fsp3) is 0.150. The number of rotatable bonds is 5. The highest BCUT2D eigenvalue weighted by Gasteiger charge is 2.19. The predicted molar refractivity (Wildman–Crippen MR) is 102 cm³/mol. The Bertz CT molecular complexity index is 947. The smallest absolute Gasteiger partial charge is 0.357 e. The van der Waals surface area contributed by atoms with E-state index in [0.29, 0.717) is 5.56 Å². The zero-order valence-electron chi connectivity index (χ0n) is 14.4. The Labute approximate surface area is 159 Å². The second-order valence-electron chi connectivity index (χ2n) is 5.81. The molecule has 0 aliphatic carbocycles. The summed E-state index contributed by atoms with van der Waals surface area (Å²) in [5.74, 6) is -0.855. The maximum atomic E-state index is 12.5. The number of aryl methyl sites for hydroxylation is 1. The Hall–Kier alpha value is -2.73. The number of hydrogen-bond acceptors (Lipinski definition) is 4. The highest BCUT2D eigenvalue weighted by Crippen LogP contribution is 2.22. The van der Waals surface area contributed by atoms with Gasteiger partial charge in [-0.05, 0) is 56.3 Å². The number of aromatic nitrogens is 2. The van der Waals surface area contributed by atoms with Gasteiger partial charge in [-0.1, -0.05) is 22.0 Å². The third-order valence-corrected chi connectivity index (χ3v) is 4.55. The first kappa shape index (κ1) is 18.1. The molecule has 3 aromatic rings. The molecule has 0 aliphatic heterocycles. The van der Waals surface area contributed by atoms with E-state index >= 15 is 0 Å². The van der Waals surface area contributed by atoms with Crippen molar-refractivity contribution in [2.45, 2.75) is 13.8 Å². The number of ketones is 1. The van der Waals surface area contributed by atoms with Gasteiger partial charge in [0.15, 0.2) is 6.61 Å². The van der Waals surface area contributed by atoms with Gasteiger partial charge < -0.3 is 9.30 Å². The predicted octanol–water partition coefficient (Wildman–Crippen LogP) is 4.29. The van der Waals surface area contributed by atoms with Gasteiger partial charge in [0.1, 0.15) is 5.69 Å². The van der Waals surface area contributed by atoms with Crippen molar-refractivity contribution in [1.82, 2.24) is 9.55 Å². The molecule has 0 saturated carbocycles. The molecule has 2 aromatic heterocycles. The summed E-state index contributed by atoms with van der Waals surface area (Å²) in [7, 11) is 0. The number of halogens is 1. The number of ether oxygens (including phenoxy) is 1. The number of pyridine rings is 1. The molecule has 26 heavy (non-hydrogen) atoms. The highest BCUT2D eigenvalue weighted by molar-refractivity contribution is 9.10. The van der Waals surface area contributed by atoms with Crippen LogP contribution in [0.3, 0.4) is 0 Å². The van der Waals surface area contributed by atoms with Gasteiger partial charge in [-0.3, -0.25) is 4.79 Å². The summed E-state index contributed by atoms with van der Waals surface area (Å²) in [5, 5.41) is 0. The van der Waals surface area contributed by atoms with E-state index in [2.05, 4.69) is 20.9 Å². The largest absolute Gasteiger partial charge is 0.453 e. The van der Waals surface area contributed by atoms with Crippen molar-refractivity contribution in [3.05, 3.63) is 81.8 Å². The molecule has 2 heterocycles. The lowest BCUT2D eigenvalue weighted by Crippen LogP contribution is -2.15. The van der Waals surface area contributed by atoms with Crippen LogP contribution in [0, 0.1) is 13.8 Å². The van der Waals surface area contributed by atoms with Gasteiger partial charge >= 0.3 is 5.97 Å². The van der Waals surface area contributed by atoms with E-state index in [9.17, 15) is 9.59 Å². The maximum Gasteiger partial charge on any atom is 0.357 e. The van der Waals surface area contributed by atoms with Crippen molar-refractivity contribution < 1.29 is 14.3 Å². The number of Topliss-reactive ketones (excluding diaryl/α,β-unsaturated/α-hetero) is 1. The molecule has 1 aromatic carbocycles. The Kier molecular flexibility index (Phi) is 5.32. The van der Waals surface area contributed by atoms with E-state index in [4.69, 9.17) is 4.74 Å². The van der Waals surface area contributed by atoms with E-state index in [1.165, 1.54) is 6.20 Å². The lowest BCUT2D eigenvalue weighted by Gasteiger charge is -2.10. The van der Waals surface area contributed by atoms with Gasteiger partial charge in [-0.15, -0.1) is 0 Å². The van der Waals surface area contributed by atoms with Gasteiger partial charge in [0.25, 0.3) is 0 Å². The molecule has 3 rings (SSSR count). The zero-order valence-corrected chi connectivity index (χ0v) is 16.0. The molecule has 0 bridgehead atoms. The van der Waals surface area contributed by atoms with Crippen LogP contribution in [-0.4, -0.2) is 27.9 Å². The van der Waals surface area contributed by atoms with E-state index in [1.807, 2.05) is 48.7 Å². The van der Waals surface area contributed by atoms with Gasteiger partial charge in [0, 0.05) is 33.3 Å². The molecular formula is C20H17BrN2O3. The summed E-state index contributed by atoms with van der Waals surface area (Å²) in [6, 6.07) is 14.6. The lowest BCUT2D eigenvalue weighted by molar-refractivity contribution is 0.0468. The van der Waals surface area contributed by atoms with Crippen molar-refractivity contribution in [2.24, 2.45) is 0 Å². The van der Waals surface area contributed by atoms with Crippen molar-refractivity contribution in [2.75, 3.05) is 6.61 Å². The molecule has 0 spiro atoms. The van der Waals surface area contributed by atoms with Gasteiger partial charge in [0.2, 0.25) is 5.78 Å². The fourth-order valence-corrected chi connectivity index (χ4v) is 3.06. The molecule has 0 N–H and O–H groups in total. The van der Waals surface area contributed by atoms with Gasteiger partial charge in [-0.2, -0.15) is 0 Å². The summed E-state index contributed by atoms with van der Waals surface area (Å²) < 4.78 is 8.09. The van der Waals surface area contributed by atoms with Crippen LogP contribution in [0.1, 0.15) is 32.2 Å². The van der Waals surface area contributed by atoms with Crippen LogP contribution in [0.5, 0.6) is 0 Å². The maximum absolute atomic E-state index is 12.5. The molecule has 5 nitrogen and oxygen atoms in total. The minimum Gasteiger partial charge on any atom is -0.453 e. The summed E-state index contributed by atoms with van der Waals surface area (Å²) in [6.45, 7) is 3.49. The first-order valence-corrected chi connectivity index (χ1v) is 8.83. The summed E-state index contributed by atoms with van der Waals surface area (Å²) in [6.07, 6.45) is 1.50. The first-order valence-electron chi connectivity index (χ1n) is 8.03. The van der Waals surface area contributed by atoms with Crippen molar-refractivity contribution in [3.8, 4) is 5.69 Å². The van der Waals surface area contributed by atoms with Crippen LogP contribution in [0.25, 0.3) is 5.69 Å². The number of nitrogens with zero attached hydrogens (tertiary/aromatic N) is 2. The first-order chi connectivity index (χ1) is 12.5. The van der Waals surface area contributed by atoms with Crippen molar-refractivity contribution in [1.29, 1.82) is 0 Å². The van der Waals surface area contributed by atoms with Crippen LogP contribution in [0.2, 0.25) is 0 Å². The van der Waals surface area contributed by atoms with Gasteiger partial charge in [0.05, 0.1) is 0 Å². The number of carbonyl (C=O) groups excluding carboxylic acids is 2. The molecule has 0 radical (unpaired) electrons. The number of hydrogen-bond donors (Lipinski definition) is 0. The van der Waals surface area contributed by atoms with Crippen LogP contribution in [-0.2, 0) is 4.74 Å². The third kappa shape index (κ3) is 3.75. The average molecular weight is 413 g/mol. The number of esters is 1. The minimum absolute atomic E-state index is 0.181. The normalized spacial score (nSPS) is 10.6. The molecular weight excluding hydrogens is 396 g/mol. The second kappa shape index (κ2) is 7.66. The molecule has 0 unspecified atom stereocenters.